The van der Waals surface area contributed by atoms with Crippen molar-refractivity contribution >= 4 is 5.91 Å². The molecule has 0 aliphatic carbocycles. The van der Waals surface area contributed by atoms with Crippen LogP contribution < -0.4 is 10.9 Å². The highest BCUT2D eigenvalue weighted by Gasteiger charge is 2.14. The van der Waals surface area contributed by atoms with Crippen LogP contribution >= 0.6 is 0 Å². The summed E-state index contributed by atoms with van der Waals surface area (Å²) in [5, 5.41) is 6.60. The van der Waals surface area contributed by atoms with E-state index in [2.05, 4.69) is 20.4 Å². The van der Waals surface area contributed by atoms with Crippen LogP contribution in [0.2, 0.25) is 0 Å². The van der Waals surface area contributed by atoms with Gasteiger partial charge in [-0.15, -0.1) is 0 Å². The van der Waals surface area contributed by atoms with Crippen molar-refractivity contribution in [1.82, 2.24) is 25.1 Å². The summed E-state index contributed by atoms with van der Waals surface area (Å²) in [7, 11) is 1.50. The third kappa shape index (κ3) is 2.45. The average molecular weight is 247 g/mol. The van der Waals surface area contributed by atoms with E-state index in [1.807, 2.05) is 0 Å². The standard InChI is InChI=1S/C11H13N5O2/c1-7(10-12-5-6-13-10)14-11(18)8-3-4-9(17)16(2)15-8/h3-7H,1-2H3,(H,12,13)(H,14,18). The Hall–Kier alpha value is -2.44. The van der Waals surface area contributed by atoms with Gasteiger partial charge in [0, 0.05) is 25.5 Å². The third-order valence-corrected chi connectivity index (χ3v) is 2.47. The van der Waals surface area contributed by atoms with E-state index in [0.29, 0.717) is 5.82 Å². The Balaban J connectivity index is 2.12. The first kappa shape index (κ1) is 12.0. The van der Waals surface area contributed by atoms with Crippen molar-refractivity contribution in [3.63, 3.8) is 0 Å². The van der Waals surface area contributed by atoms with E-state index in [1.54, 1.807) is 19.3 Å². The zero-order chi connectivity index (χ0) is 13.1. The number of aromatic amines is 1. The lowest BCUT2D eigenvalue weighted by Gasteiger charge is -2.11. The van der Waals surface area contributed by atoms with Crippen LogP contribution in [0.3, 0.4) is 0 Å². The van der Waals surface area contributed by atoms with Gasteiger partial charge in [0.05, 0.1) is 6.04 Å². The first-order valence-electron chi connectivity index (χ1n) is 5.42. The summed E-state index contributed by atoms with van der Waals surface area (Å²) in [6.45, 7) is 1.80. The van der Waals surface area contributed by atoms with E-state index in [0.717, 1.165) is 4.68 Å². The number of nitrogens with one attached hydrogen (secondary N) is 2. The number of aryl methyl sites for hydroxylation is 1. The number of aromatic nitrogens is 4. The van der Waals surface area contributed by atoms with Crippen LogP contribution in [0.4, 0.5) is 0 Å². The summed E-state index contributed by atoms with van der Waals surface area (Å²) in [6.07, 6.45) is 3.30. The van der Waals surface area contributed by atoms with Gasteiger partial charge in [-0.2, -0.15) is 5.10 Å². The fourth-order valence-electron chi connectivity index (χ4n) is 1.48. The summed E-state index contributed by atoms with van der Waals surface area (Å²) in [4.78, 5) is 30.0. The fourth-order valence-corrected chi connectivity index (χ4v) is 1.48. The normalized spacial score (nSPS) is 12.1. The molecule has 0 aliphatic heterocycles. The van der Waals surface area contributed by atoms with Gasteiger partial charge in [-0.05, 0) is 13.0 Å². The Morgan fingerprint density at radius 1 is 1.50 bits per heavy atom. The molecule has 0 saturated carbocycles. The van der Waals surface area contributed by atoms with Crippen LogP contribution in [0.5, 0.6) is 0 Å². The molecule has 1 amide bonds. The molecule has 0 fully saturated rings. The van der Waals surface area contributed by atoms with Crippen molar-refractivity contribution in [2.75, 3.05) is 0 Å². The van der Waals surface area contributed by atoms with E-state index in [1.165, 1.54) is 19.2 Å². The predicted molar refractivity (Wildman–Crippen MR) is 63.9 cm³/mol. The Morgan fingerprint density at radius 2 is 2.28 bits per heavy atom. The van der Waals surface area contributed by atoms with Gasteiger partial charge >= 0.3 is 0 Å². The number of nitrogens with zero attached hydrogens (tertiary/aromatic N) is 3. The smallest absolute Gasteiger partial charge is 0.272 e. The molecule has 0 spiro atoms. The largest absolute Gasteiger partial charge is 0.347 e. The minimum Gasteiger partial charge on any atom is -0.347 e. The highest BCUT2D eigenvalue weighted by atomic mass is 16.2. The quantitative estimate of drug-likeness (QED) is 0.798. The van der Waals surface area contributed by atoms with Crippen LogP contribution in [0.1, 0.15) is 29.3 Å². The van der Waals surface area contributed by atoms with Gasteiger partial charge in [0.25, 0.3) is 11.5 Å². The van der Waals surface area contributed by atoms with Crippen molar-refractivity contribution in [2.24, 2.45) is 7.05 Å². The van der Waals surface area contributed by atoms with Crippen LogP contribution in [0.25, 0.3) is 0 Å². The SMILES string of the molecule is CC(NC(=O)c1ccc(=O)n(C)n1)c1ncc[nH]1. The van der Waals surface area contributed by atoms with Crippen molar-refractivity contribution in [3.8, 4) is 0 Å². The van der Waals surface area contributed by atoms with Crippen molar-refractivity contribution < 1.29 is 4.79 Å². The summed E-state index contributed by atoms with van der Waals surface area (Å²) in [5.41, 5.74) is -0.0684. The molecular weight excluding hydrogens is 234 g/mol. The van der Waals surface area contributed by atoms with E-state index in [4.69, 9.17) is 0 Å². The molecule has 1 unspecified atom stereocenters. The molecule has 0 radical (unpaired) electrons. The van der Waals surface area contributed by atoms with Crippen LogP contribution in [0.15, 0.2) is 29.3 Å². The monoisotopic (exact) mass is 247 g/mol. The molecule has 2 N–H and O–H groups in total. The predicted octanol–water partition coefficient (Wildman–Crippen LogP) is -0.00560. The molecule has 0 aromatic carbocycles. The molecule has 2 aromatic heterocycles. The Bertz CT molecular complexity index is 602. The molecule has 7 heteroatoms. The van der Waals surface area contributed by atoms with Gasteiger partial charge in [0.1, 0.15) is 11.5 Å². The first-order chi connectivity index (χ1) is 8.58. The van der Waals surface area contributed by atoms with Gasteiger partial charge in [0.2, 0.25) is 0 Å². The lowest BCUT2D eigenvalue weighted by molar-refractivity contribution is 0.0931. The summed E-state index contributed by atoms with van der Waals surface area (Å²) in [6, 6.07) is 2.44. The summed E-state index contributed by atoms with van der Waals surface area (Å²) < 4.78 is 1.12. The number of hydrogen-bond donors (Lipinski definition) is 2. The van der Waals surface area contributed by atoms with Crippen molar-refractivity contribution in [1.29, 1.82) is 0 Å². The Labute approximate surface area is 103 Å². The molecule has 0 saturated heterocycles. The van der Waals surface area contributed by atoms with Gasteiger partial charge in [0.15, 0.2) is 0 Å². The second kappa shape index (κ2) is 4.82. The lowest BCUT2D eigenvalue weighted by atomic mass is 10.3. The lowest BCUT2D eigenvalue weighted by Crippen LogP contribution is -2.30. The number of carbonyl (C=O) groups excluding carboxylic acids is 1. The van der Waals surface area contributed by atoms with Crippen LogP contribution in [0, 0.1) is 0 Å². The number of H-pyrrole nitrogens is 1. The van der Waals surface area contributed by atoms with Gasteiger partial charge < -0.3 is 10.3 Å². The van der Waals surface area contributed by atoms with E-state index in [9.17, 15) is 9.59 Å². The Kier molecular flexibility index (Phi) is 3.22. The molecule has 2 aromatic rings. The zero-order valence-corrected chi connectivity index (χ0v) is 10.0. The van der Waals surface area contributed by atoms with Crippen LogP contribution in [-0.2, 0) is 7.05 Å². The molecule has 7 nitrogen and oxygen atoms in total. The topological polar surface area (TPSA) is 92.7 Å². The van der Waals surface area contributed by atoms with Gasteiger partial charge in [-0.3, -0.25) is 9.59 Å². The number of rotatable bonds is 3. The molecule has 18 heavy (non-hydrogen) atoms. The maximum atomic E-state index is 11.9. The molecule has 0 bridgehead atoms. The average Bonchev–Trinajstić information content (AvgIpc) is 2.86. The number of amides is 1. The second-order valence-electron chi connectivity index (χ2n) is 3.85. The number of carbonyl (C=O) groups is 1. The summed E-state index contributed by atoms with van der Waals surface area (Å²) >= 11 is 0. The molecule has 1 atom stereocenters. The highest BCUT2D eigenvalue weighted by molar-refractivity contribution is 5.92. The molecule has 94 valence electrons. The summed E-state index contributed by atoms with van der Waals surface area (Å²) in [5.74, 6) is 0.308. The maximum Gasteiger partial charge on any atom is 0.272 e. The highest BCUT2D eigenvalue weighted by Crippen LogP contribution is 2.06. The minimum absolute atomic E-state index is 0.190. The molecule has 2 rings (SSSR count). The first-order valence-corrected chi connectivity index (χ1v) is 5.42. The Morgan fingerprint density at radius 3 is 2.89 bits per heavy atom. The van der Waals surface area contributed by atoms with E-state index >= 15 is 0 Å². The van der Waals surface area contributed by atoms with Gasteiger partial charge in [-0.1, -0.05) is 0 Å². The van der Waals surface area contributed by atoms with E-state index < -0.39 is 0 Å². The third-order valence-electron chi connectivity index (χ3n) is 2.47. The fraction of sp³-hybridized carbons (Fsp3) is 0.273. The molecule has 2 heterocycles. The number of hydrogen-bond acceptors (Lipinski definition) is 4. The van der Waals surface area contributed by atoms with Crippen LogP contribution in [-0.4, -0.2) is 25.7 Å². The molecule has 0 aliphatic rings. The zero-order valence-electron chi connectivity index (χ0n) is 10.0. The van der Waals surface area contributed by atoms with E-state index in [-0.39, 0.29) is 23.2 Å². The second-order valence-corrected chi connectivity index (χ2v) is 3.85. The molecular formula is C11H13N5O2. The number of imidazole rings is 1. The van der Waals surface area contributed by atoms with Crippen molar-refractivity contribution in [3.05, 3.63) is 46.4 Å². The van der Waals surface area contributed by atoms with Crippen molar-refractivity contribution in [2.45, 2.75) is 13.0 Å². The van der Waals surface area contributed by atoms with Gasteiger partial charge in [-0.25, -0.2) is 9.67 Å². The minimum atomic E-state index is -0.352. The maximum absolute atomic E-state index is 11.9.